The summed E-state index contributed by atoms with van der Waals surface area (Å²) in [6, 6.07) is 11.4. The number of amidine groups is 1. The molecular formula is C18H16F3N4O2+. The number of pyridine rings is 1. The fraction of sp³-hybridized carbons (Fsp3) is 0.222. The van der Waals surface area contributed by atoms with Crippen molar-refractivity contribution in [2.75, 3.05) is 0 Å². The van der Waals surface area contributed by atoms with Crippen molar-refractivity contribution in [2.24, 2.45) is 0 Å². The third kappa shape index (κ3) is 3.40. The molecule has 2 heterocycles. The van der Waals surface area contributed by atoms with E-state index in [1.165, 1.54) is 12.4 Å². The number of hydrogen-bond donors (Lipinski definition) is 2. The Labute approximate surface area is 152 Å². The number of hydrogen-bond acceptors (Lipinski definition) is 3. The molecule has 9 heteroatoms. The van der Waals surface area contributed by atoms with Gasteiger partial charge in [0.15, 0.2) is 0 Å². The van der Waals surface area contributed by atoms with Crippen molar-refractivity contribution in [1.82, 2.24) is 15.2 Å². The third-order valence-corrected chi connectivity index (χ3v) is 4.07. The number of aromatic nitrogens is 1. The summed E-state index contributed by atoms with van der Waals surface area (Å²) in [5, 5.41) is 1.76. The van der Waals surface area contributed by atoms with Crippen molar-refractivity contribution in [1.29, 1.82) is 0 Å². The number of nitrogens with one attached hydrogen (secondary N) is 2. The molecule has 0 radical (unpaired) electrons. The molecule has 2 N–H and O–H groups in total. The van der Waals surface area contributed by atoms with Gasteiger partial charge in [-0.2, -0.15) is 18.1 Å². The average molecular weight is 377 g/mol. The van der Waals surface area contributed by atoms with Gasteiger partial charge in [-0.05, 0) is 29.8 Å². The van der Waals surface area contributed by atoms with E-state index in [0.717, 1.165) is 11.8 Å². The second-order valence-corrected chi connectivity index (χ2v) is 6.02. The van der Waals surface area contributed by atoms with Gasteiger partial charge in [-0.3, -0.25) is 15.1 Å². The number of alkyl halides is 3. The molecule has 0 spiro atoms. The molecule has 3 rings (SSSR count). The Bertz CT molecular complexity index is 884. The highest BCUT2D eigenvalue weighted by Crippen LogP contribution is 2.30. The number of rotatable bonds is 4. The molecule has 0 saturated heterocycles. The van der Waals surface area contributed by atoms with E-state index in [2.05, 4.69) is 9.98 Å². The van der Waals surface area contributed by atoms with Crippen LogP contribution in [0.4, 0.5) is 13.2 Å². The Morgan fingerprint density at radius 3 is 2.37 bits per heavy atom. The van der Waals surface area contributed by atoms with Crippen LogP contribution in [-0.4, -0.2) is 39.4 Å². The van der Waals surface area contributed by atoms with Gasteiger partial charge in [0.2, 0.25) is 5.91 Å². The fourth-order valence-electron chi connectivity index (χ4n) is 2.86. The third-order valence-electron chi connectivity index (χ3n) is 4.07. The first kappa shape index (κ1) is 18.6. The Morgan fingerprint density at radius 1 is 1.19 bits per heavy atom. The zero-order valence-corrected chi connectivity index (χ0v) is 14.2. The summed E-state index contributed by atoms with van der Waals surface area (Å²) in [7, 11) is 0. The lowest BCUT2D eigenvalue weighted by atomic mass is 10.1. The standard InChI is InChI=1S/C18H15F3N4O2/c1-12(26)23-17(18(19,20)21)16(27)25(11-13-7-9-22-10-8-13)15(24-17)14-5-3-2-4-6-14/h2-10H,11H2,1H3,(H,23,26)/p+1/t17-/m0/s1. The lowest BCUT2D eigenvalue weighted by Crippen LogP contribution is -2.96. The minimum atomic E-state index is -5.05. The van der Waals surface area contributed by atoms with Crippen LogP contribution in [0.25, 0.3) is 0 Å². The van der Waals surface area contributed by atoms with Gasteiger partial charge in [0, 0.05) is 19.3 Å². The Hall–Kier alpha value is -3.23. The molecule has 0 unspecified atom stereocenters. The van der Waals surface area contributed by atoms with Gasteiger partial charge in [0.25, 0.3) is 5.84 Å². The quantitative estimate of drug-likeness (QED) is 0.807. The van der Waals surface area contributed by atoms with Crippen molar-refractivity contribution in [2.45, 2.75) is 25.3 Å². The van der Waals surface area contributed by atoms with Gasteiger partial charge in [-0.25, -0.2) is 9.79 Å². The molecule has 1 aliphatic rings. The molecule has 1 aromatic carbocycles. The summed E-state index contributed by atoms with van der Waals surface area (Å²) >= 11 is 0. The average Bonchev–Trinajstić information content (AvgIpc) is 2.90. The van der Waals surface area contributed by atoms with Crippen molar-refractivity contribution >= 4 is 17.6 Å². The van der Waals surface area contributed by atoms with E-state index in [9.17, 15) is 22.8 Å². The monoisotopic (exact) mass is 377 g/mol. The van der Waals surface area contributed by atoms with Crippen LogP contribution < -0.4 is 10.3 Å². The molecule has 0 bridgehead atoms. The summed E-state index contributed by atoms with van der Waals surface area (Å²) in [6.07, 6.45) is -2.09. The summed E-state index contributed by atoms with van der Waals surface area (Å²) in [5.74, 6) is -2.32. The van der Waals surface area contributed by atoms with Gasteiger partial charge in [0.1, 0.15) is 6.54 Å². The van der Waals surface area contributed by atoms with Gasteiger partial charge in [0.05, 0.1) is 5.56 Å². The topological polar surface area (TPSA) is 76.3 Å². The van der Waals surface area contributed by atoms with E-state index in [0.29, 0.717) is 11.1 Å². The van der Waals surface area contributed by atoms with Crippen molar-refractivity contribution in [3.8, 4) is 0 Å². The van der Waals surface area contributed by atoms with E-state index in [1.807, 2.05) is 0 Å². The summed E-state index contributed by atoms with van der Waals surface area (Å²) in [4.78, 5) is 31.4. The van der Waals surface area contributed by atoms with Crippen LogP contribution in [0.5, 0.6) is 0 Å². The zero-order valence-electron chi connectivity index (χ0n) is 14.2. The molecule has 1 aromatic heterocycles. The van der Waals surface area contributed by atoms with Crippen LogP contribution in [0.2, 0.25) is 0 Å². The lowest BCUT2D eigenvalue weighted by molar-refractivity contribution is -0.581. The van der Waals surface area contributed by atoms with E-state index in [4.69, 9.17) is 0 Å². The maximum atomic E-state index is 13.9. The largest absolute Gasteiger partial charge is 0.465 e. The number of halogens is 3. The summed E-state index contributed by atoms with van der Waals surface area (Å²) in [5.41, 5.74) is -2.25. The first-order chi connectivity index (χ1) is 12.7. The molecule has 0 fully saturated rings. The normalized spacial score (nSPS) is 19.8. The van der Waals surface area contributed by atoms with Crippen molar-refractivity contribution < 1.29 is 27.8 Å². The smallest absolute Gasteiger partial charge is 0.298 e. The van der Waals surface area contributed by atoms with Crippen molar-refractivity contribution in [3.63, 3.8) is 0 Å². The molecular weight excluding hydrogens is 361 g/mol. The number of carbonyl (C=O) groups is 2. The van der Waals surface area contributed by atoms with E-state index >= 15 is 0 Å². The van der Waals surface area contributed by atoms with Gasteiger partial charge < -0.3 is 0 Å². The highest BCUT2D eigenvalue weighted by molar-refractivity contribution is 6.10. The summed E-state index contributed by atoms with van der Waals surface area (Å²) < 4.78 is 41.6. The van der Waals surface area contributed by atoms with Gasteiger partial charge in [-0.1, -0.05) is 18.2 Å². The molecule has 6 nitrogen and oxygen atoms in total. The number of nitrogens with zero attached hydrogens (tertiary/aromatic N) is 2. The predicted octanol–water partition coefficient (Wildman–Crippen LogP) is 0.346. The van der Waals surface area contributed by atoms with Crippen molar-refractivity contribution in [3.05, 3.63) is 66.0 Å². The highest BCUT2D eigenvalue weighted by Gasteiger charge is 2.72. The number of amides is 2. The SMILES string of the molecule is CC(=O)N[C@]1(C(F)(F)F)[NH+]=C(c2ccccc2)N(Cc2ccncc2)C1=O. The zero-order chi connectivity index (χ0) is 19.7. The highest BCUT2D eigenvalue weighted by atomic mass is 19.4. The van der Waals surface area contributed by atoms with Crippen LogP contribution in [0, 0.1) is 0 Å². The summed E-state index contributed by atoms with van der Waals surface area (Å²) in [6.45, 7) is 0.812. The molecule has 1 aliphatic heterocycles. The fourth-order valence-corrected chi connectivity index (χ4v) is 2.86. The maximum absolute atomic E-state index is 13.9. The van der Waals surface area contributed by atoms with Crippen LogP contribution in [0.3, 0.4) is 0 Å². The Balaban J connectivity index is 2.13. The van der Waals surface area contributed by atoms with E-state index < -0.39 is 23.7 Å². The van der Waals surface area contributed by atoms with Crippen LogP contribution in [0.15, 0.2) is 54.9 Å². The predicted molar refractivity (Wildman–Crippen MR) is 88.9 cm³/mol. The van der Waals surface area contributed by atoms with Crippen LogP contribution in [-0.2, 0) is 16.1 Å². The molecule has 0 aliphatic carbocycles. The molecule has 140 valence electrons. The number of benzene rings is 1. The van der Waals surface area contributed by atoms with E-state index in [-0.39, 0.29) is 12.4 Å². The minimum Gasteiger partial charge on any atom is -0.298 e. The molecule has 2 aromatic rings. The van der Waals surface area contributed by atoms with Gasteiger partial charge >= 0.3 is 17.7 Å². The van der Waals surface area contributed by atoms with Crippen LogP contribution >= 0.6 is 0 Å². The second-order valence-electron chi connectivity index (χ2n) is 6.02. The lowest BCUT2D eigenvalue weighted by Gasteiger charge is -2.24. The first-order valence-corrected chi connectivity index (χ1v) is 8.01. The molecule has 0 saturated carbocycles. The first-order valence-electron chi connectivity index (χ1n) is 8.01. The Morgan fingerprint density at radius 2 is 1.81 bits per heavy atom. The second kappa shape index (κ2) is 6.82. The maximum Gasteiger partial charge on any atom is 0.465 e. The Kier molecular flexibility index (Phi) is 4.69. The number of carbonyl (C=O) groups excluding carboxylic acids is 2. The van der Waals surface area contributed by atoms with E-state index in [1.54, 1.807) is 47.8 Å². The molecule has 1 atom stereocenters. The minimum absolute atomic E-state index is 0.0384. The van der Waals surface area contributed by atoms with Gasteiger partial charge in [-0.15, -0.1) is 0 Å². The molecule has 2 amide bonds. The molecule has 27 heavy (non-hydrogen) atoms. The van der Waals surface area contributed by atoms with Crippen LogP contribution in [0.1, 0.15) is 18.1 Å².